The van der Waals surface area contributed by atoms with Crippen LogP contribution >= 0.6 is 0 Å². The standard InChI is InChI=1S/C18H18F6O4/c19-17(20,21)15(6-8-1-2-10(15)3-8)14(27)28-12-5-9-4-11(12)16(7-9,13(25)26)18(22,23)24/h1-2,8-12H,3-7H2,(H,25,26). The van der Waals surface area contributed by atoms with E-state index < -0.39 is 77.7 Å². The third kappa shape index (κ3) is 2.32. The van der Waals surface area contributed by atoms with Gasteiger partial charge >= 0.3 is 24.3 Å². The van der Waals surface area contributed by atoms with Crippen LogP contribution in [0.1, 0.15) is 32.1 Å². The first-order chi connectivity index (χ1) is 12.8. The molecule has 4 nitrogen and oxygen atoms in total. The second-order valence-corrected chi connectivity index (χ2v) is 8.53. The molecule has 0 heterocycles. The first-order valence-electron chi connectivity index (χ1n) is 9.09. The van der Waals surface area contributed by atoms with E-state index in [1.54, 1.807) is 6.08 Å². The highest BCUT2D eigenvalue weighted by molar-refractivity contribution is 5.81. The molecule has 4 rings (SSSR count). The summed E-state index contributed by atoms with van der Waals surface area (Å²) in [5, 5.41) is 9.30. The minimum atomic E-state index is -5.08. The van der Waals surface area contributed by atoms with Crippen molar-refractivity contribution in [1.29, 1.82) is 0 Å². The summed E-state index contributed by atoms with van der Waals surface area (Å²) >= 11 is 0. The first kappa shape index (κ1) is 19.6. The topological polar surface area (TPSA) is 63.6 Å². The Labute approximate surface area is 155 Å². The summed E-state index contributed by atoms with van der Waals surface area (Å²) in [6.07, 6.45) is -9.68. The van der Waals surface area contributed by atoms with Gasteiger partial charge in [-0.25, -0.2) is 0 Å². The smallest absolute Gasteiger partial charge is 0.405 e. The lowest BCUT2D eigenvalue weighted by Crippen LogP contribution is -2.55. The fourth-order valence-electron chi connectivity index (χ4n) is 5.99. The Kier molecular flexibility index (Phi) is 3.95. The third-order valence-electron chi connectivity index (χ3n) is 7.25. The number of carboxylic acids is 1. The van der Waals surface area contributed by atoms with Crippen molar-refractivity contribution in [1.82, 2.24) is 0 Å². The van der Waals surface area contributed by atoms with E-state index in [0.717, 1.165) is 0 Å². The molecule has 0 aromatic carbocycles. The number of hydrogen-bond acceptors (Lipinski definition) is 3. The van der Waals surface area contributed by atoms with Gasteiger partial charge in [-0.15, -0.1) is 0 Å². The van der Waals surface area contributed by atoms with Gasteiger partial charge in [0.2, 0.25) is 0 Å². The molecular formula is C18H18F6O4. The molecule has 3 fully saturated rings. The van der Waals surface area contributed by atoms with Gasteiger partial charge < -0.3 is 9.84 Å². The average molecular weight is 412 g/mol. The predicted molar refractivity (Wildman–Crippen MR) is 80.7 cm³/mol. The van der Waals surface area contributed by atoms with Crippen molar-refractivity contribution in [3.05, 3.63) is 12.2 Å². The van der Waals surface area contributed by atoms with Gasteiger partial charge in [-0.2, -0.15) is 26.3 Å². The molecule has 0 aromatic rings. The third-order valence-corrected chi connectivity index (χ3v) is 7.25. The zero-order valence-electron chi connectivity index (χ0n) is 14.5. The Balaban J connectivity index is 1.62. The van der Waals surface area contributed by atoms with Gasteiger partial charge in [-0.05, 0) is 43.9 Å². The largest absolute Gasteiger partial charge is 0.481 e. The average Bonchev–Trinajstić information content (AvgIpc) is 3.31. The number of aliphatic carboxylic acids is 1. The summed E-state index contributed by atoms with van der Waals surface area (Å²) in [6, 6.07) is 0. The van der Waals surface area contributed by atoms with Gasteiger partial charge in [0, 0.05) is 11.8 Å². The van der Waals surface area contributed by atoms with E-state index in [-0.39, 0.29) is 19.3 Å². The molecule has 156 valence electrons. The number of alkyl halides is 6. The SMILES string of the molecule is O=C(OC1CC2CC1C(C(=O)O)(C(F)(F)F)C2)C1(C(F)(F)F)CC2C=CC1C2. The molecule has 0 aromatic heterocycles. The number of ether oxygens (including phenoxy) is 1. The lowest BCUT2D eigenvalue weighted by Gasteiger charge is -2.41. The van der Waals surface area contributed by atoms with Crippen molar-refractivity contribution in [3.8, 4) is 0 Å². The monoisotopic (exact) mass is 412 g/mol. The number of esters is 1. The lowest BCUT2D eigenvalue weighted by atomic mass is 9.70. The maximum absolute atomic E-state index is 13.8. The highest BCUT2D eigenvalue weighted by Crippen LogP contribution is 2.65. The number of carbonyl (C=O) groups is 2. The van der Waals surface area contributed by atoms with Crippen LogP contribution in [0.25, 0.3) is 0 Å². The number of hydrogen-bond donors (Lipinski definition) is 1. The quantitative estimate of drug-likeness (QED) is 0.431. The molecule has 1 N–H and O–H groups in total. The highest BCUT2D eigenvalue weighted by Gasteiger charge is 2.74. The molecule has 4 aliphatic carbocycles. The molecule has 0 radical (unpaired) electrons. The van der Waals surface area contributed by atoms with E-state index in [9.17, 15) is 41.0 Å². The lowest BCUT2D eigenvalue weighted by molar-refractivity contribution is -0.264. The van der Waals surface area contributed by atoms with Crippen molar-refractivity contribution < 1.29 is 45.8 Å². The van der Waals surface area contributed by atoms with Crippen LogP contribution in [0.5, 0.6) is 0 Å². The van der Waals surface area contributed by atoms with E-state index in [1.807, 2.05) is 0 Å². The Morgan fingerprint density at radius 3 is 2.00 bits per heavy atom. The van der Waals surface area contributed by atoms with Crippen molar-refractivity contribution in [3.63, 3.8) is 0 Å². The van der Waals surface area contributed by atoms with Crippen LogP contribution in [-0.4, -0.2) is 35.5 Å². The van der Waals surface area contributed by atoms with E-state index >= 15 is 0 Å². The summed E-state index contributed by atoms with van der Waals surface area (Å²) in [6.45, 7) is 0. The summed E-state index contributed by atoms with van der Waals surface area (Å²) < 4.78 is 87.4. The van der Waals surface area contributed by atoms with Crippen molar-refractivity contribution in [2.75, 3.05) is 0 Å². The molecule has 7 unspecified atom stereocenters. The Morgan fingerprint density at radius 2 is 1.57 bits per heavy atom. The molecule has 0 amide bonds. The molecule has 4 bridgehead atoms. The van der Waals surface area contributed by atoms with Gasteiger partial charge in [0.05, 0.1) is 0 Å². The normalized spacial score (nSPS) is 44.3. The van der Waals surface area contributed by atoms with E-state index in [1.165, 1.54) is 6.08 Å². The van der Waals surface area contributed by atoms with Gasteiger partial charge in [0.1, 0.15) is 6.10 Å². The molecule has 7 atom stereocenters. The summed E-state index contributed by atoms with van der Waals surface area (Å²) in [4.78, 5) is 24.2. The minimum absolute atomic E-state index is 0.0423. The Bertz CT molecular complexity index is 743. The van der Waals surface area contributed by atoms with Crippen LogP contribution in [0, 0.1) is 34.5 Å². The van der Waals surface area contributed by atoms with E-state index in [4.69, 9.17) is 4.74 Å². The highest BCUT2D eigenvalue weighted by atomic mass is 19.4. The van der Waals surface area contributed by atoms with Crippen LogP contribution in [-0.2, 0) is 14.3 Å². The van der Waals surface area contributed by atoms with Crippen LogP contribution in [0.4, 0.5) is 26.3 Å². The van der Waals surface area contributed by atoms with Crippen LogP contribution in [0.3, 0.4) is 0 Å². The number of rotatable bonds is 3. The van der Waals surface area contributed by atoms with Crippen molar-refractivity contribution >= 4 is 11.9 Å². The zero-order chi connectivity index (χ0) is 20.7. The molecule has 10 heteroatoms. The number of carboxylic acid groups (broad SMARTS) is 1. The first-order valence-corrected chi connectivity index (χ1v) is 9.09. The fraction of sp³-hybridized carbons (Fsp3) is 0.778. The Hall–Kier alpha value is -1.74. The van der Waals surface area contributed by atoms with E-state index in [2.05, 4.69) is 0 Å². The molecule has 4 aliphatic rings. The van der Waals surface area contributed by atoms with Gasteiger partial charge in [-0.1, -0.05) is 12.2 Å². The molecule has 0 aliphatic heterocycles. The fourth-order valence-corrected chi connectivity index (χ4v) is 5.99. The maximum atomic E-state index is 13.8. The van der Waals surface area contributed by atoms with Gasteiger partial charge in [0.15, 0.2) is 10.8 Å². The molecular weight excluding hydrogens is 394 g/mol. The number of carbonyl (C=O) groups excluding carboxylic acids is 1. The van der Waals surface area contributed by atoms with Crippen LogP contribution in [0.2, 0.25) is 0 Å². The molecule has 3 saturated carbocycles. The maximum Gasteiger partial charge on any atom is 0.405 e. The van der Waals surface area contributed by atoms with E-state index in [0.29, 0.717) is 0 Å². The predicted octanol–water partition coefficient (Wildman–Crippen LogP) is 4.11. The minimum Gasteiger partial charge on any atom is -0.481 e. The Morgan fingerprint density at radius 1 is 0.929 bits per heavy atom. The molecule has 0 spiro atoms. The second-order valence-electron chi connectivity index (χ2n) is 8.53. The zero-order valence-corrected chi connectivity index (χ0v) is 14.5. The number of allylic oxidation sites excluding steroid dienone is 2. The molecule has 28 heavy (non-hydrogen) atoms. The summed E-state index contributed by atoms with van der Waals surface area (Å²) in [5.41, 5.74) is -5.85. The van der Waals surface area contributed by atoms with Crippen molar-refractivity contribution in [2.24, 2.45) is 34.5 Å². The number of halogens is 6. The summed E-state index contributed by atoms with van der Waals surface area (Å²) in [5.74, 6) is -7.39. The van der Waals surface area contributed by atoms with Gasteiger partial charge in [0.25, 0.3) is 0 Å². The molecule has 0 saturated heterocycles. The van der Waals surface area contributed by atoms with Crippen molar-refractivity contribution in [2.45, 2.75) is 50.6 Å². The van der Waals surface area contributed by atoms with Crippen LogP contribution in [0.15, 0.2) is 12.2 Å². The number of fused-ring (bicyclic) bond motifs is 4. The second kappa shape index (κ2) is 5.66. The van der Waals surface area contributed by atoms with Crippen LogP contribution < -0.4 is 0 Å². The van der Waals surface area contributed by atoms with Gasteiger partial charge in [-0.3, -0.25) is 9.59 Å². The summed E-state index contributed by atoms with van der Waals surface area (Å²) in [7, 11) is 0.